The number of nitrogens with zero attached hydrogens (tertiary/aromatic N) is 3. The van der Waals surface area contributed by atoms with Gasteiger partial charge in [-0.1, -0.05) is 28.4 Å². The normalized spacial score (nSPS) is 12.3. The molecule has 1 aromatic carbocycles. The number of carbonyl (C=O) groups excluding carboxylic acids is 1. The molecule has 1 heterocycles. The van der Waals surface area contributed by atoms with E-state index in [1.54, 1.807) is 0 Å². The maximum absolute atomic E-state index is 12.9. The van der Waals surface area contributed by atoms with Gasteiger partial charge in [0.05, 0.1) is 0 Å². The second-order valence-electron chi connectivity index (χ2n) is 4.50. The average Bonchev–Trinajstić information content (AvgIpc) is 2.81. The van der Waals surface area contributed by atoms with E-state index in [-0.39, 0.29) is 5.84 Å². The van der Waals surface area contributed by atoms with Gasteiger partial charge in [0.1, 0.15) is 10.7 Å². The molecule has 0 unspecified atom stereocenters. The van der Waals surface area contributed by atoms with Crippen LogP contribution in [0.5, 0.6) is 0 Å². The van der Waals surface area contributed by atoms with Crippen molar-refractivity contribution in [3.63, 3.8) is 0 Å². The fourth-order valence-corrected chi connectivity index (χ4v) is 2.02. The molecular weight excluding hydrogens is 372 g/mol. The van der Waals surface area contributed by atoms with Gasteiger partial charge < -0.3 is 10.6 Å². The van der Waals surface area contributed by atoms with E-state index in [1.807, 2.05) is 0 Å². The minimum atomic E-state index is -4.88. The molecule has 0 saturated carbocycles. The van der Waals surface area contributed by atoms with Crippen molar-refractivity contribution in [1.29, 1.82) is 0 Å². The van der Waals surface area contributed by atoms with Crippen LogP contribution < -0.4 is 5.73 Å². The number of amidine groups is 1. The van der Waals surface area contributed by atoms with Crippen LogP contribution in [0.1, 0.15) is 21.6 Å². The topological polar surface area (TPSA) is 82.5 Å². The van der Waals surface area contributed by atoms with Crippen LogP contribution in [0.15, 0.2) is 29.4 Å². The van der Waals surface area contributed by atoms with Gasteiger partial charge in [0.25, 0.3) is 0 Å². The van der Waals surface area contributed by atoms with Crippen LogP contribution in [0.2, 0.25) is 10.2 Å². The summed E-state index contributed by atoms with van der Waals surface area (Å²) in [5.74, 6) is -1.66. The van der Waals surface area contributed by atoms with Crippen LogP contribution in [0.3, 0.4) is 0 Å². The molecule has 0 aliphatic rings. The molecule has 0 radical (unpaired) electrons. The van der Waals surface area contributed by atoms with Crippen LogP contribution in [0, 0.1) is 0 Å². The third-order valence-corrected chi connectivity index (χ3v) is 3.50. The van der Waals surface area contributed by atoms with Crippen LogP contribution in [0.25, 0.3) is 0 Å². The van der Waals surface area contributed by atoms with Gasteiger partial charge >= 0.3 is 12.1 Å². The Labute approximate surface area is 143 Å². The van der Waals surface area contributed by atoms with Gasteiger partial charge in [-0.05, 0) is 24.3 Å². The number of hydrogen-bond acceptors (Lipinski definition) is 4. The molecule has 0 amide bonds. The number of hydrogen-bond donors (Lipinski definition) is 1. The molecule has 2 rings (SSSR count). The standard InChI is InChI=1S/C13H9Cl2F3N4O2/c1-22-10(15)8(9(20-22)13(16,17)18)12(23)24-21-11(19)6-2-4-7(14)5-3-6/h2-5H,1H3,(H2,19,21). The second-order valence-corrected chi connectivity index (χ2v) is 5.29. The van der Waals surface area contributed by atoms with Gasteiger partial charge in [-0.15, -0.1) is 0 Å². The summed E-state index contributed by atoms with van der Waals surface area (Å²) in [6, 6.07) is 6.02. The van der Waals surface area contributed by atoms with E-state index in [0.717, 1.165) is 7.05 Å². The van der Waals surface area contributed by atoms with Crippen molar-refractivity contribution in [2.75, 3.05) is 0 Å². The van der Waals surface area contributed by atoms with Crippen molar-refractivity contribution in [3.05, 3.63) is 51.3 Å². The Bertz CT molecular complexity index is 801. The SMILES string of the molecule is Cn1nc(C(F)(F)F)c(C(=O)O/N=C(\N)c2ccc(Cl)cc2)c1Cl. The molecule has 24 heavy (non-hydrogen) atoms. The lowest BCUT2D eigenvalue weighted by Gasteiger charge is -2.05. The van der Waals surface area contributed by atoms with E-state index >= 15 is 0 Å². The lowest BCUT2D eigenvalue weighted by atomic mass is 10.2. The van der Waals surface area contributed by atoms with E-state index in [9.17, 15) is 18.0 Å². The largest absolute Gasteiger partial charge is 0.436 e. The van der Waals surface area contributed by atoms with Crippen molar-refractivity contribution in [2.45, 2.75) is 6.18 Å². The Morgan fingerprint density at radius 2 is 1.88 bits per heavy atom. The van der Waals surface area contributed by atoms with Gasteiger partial charge in [-0.25, -0.2) is 4.79 Å². The molecule has 0 saturated heterocycles. The third kappa shape index (κ3) is 3.80. The van der Waals surface area contributed by atoms with Crippen LogP contribution in [-0.2, 0) is 18.1 Å². The first-order chi connectivity index (χ1) is 11.1. The molecule has 11 heteroatoms. The summed E-state index contributed by atoms with van der Waals surface area (Å²) in [5, 5.41) is 6.38. The fraction of sp³-hybridized carbons (Fsp3) is 0.154. The predicted molar refractivity (Wildman–Crippen MR) is 80.8 cm³/mol. The maximum Gasteiger partial charge on any atom is 0.436 e. The first-order valence-corrected chi connectivity index (χ1v) is 6.97. The molecule has 2 N–H and O–H groups in total. The molecule has 128 valence electrons. The zero-order valence-electron chi connectivity index (χ0n) is 11.9. The Kier molecular flexibility index (Phi) is 5.05. The highest BCUT2D eigenvalue weighted by Gasteiger charge is 2.41. The van der Waals surface area contributed by atoms with E-state index in [1.165, 1.54) is 24.3 Å². The number of carbonyl (C=O) groups is 1. The maximum atomic E-state index is 12.9. The summed E-state index contributed by atoms with van der Waals surface area (Å²) in [7, 11) is 1.15. The second kappa shape index (κ2) is 6.70. The molecule has 0 bridgehead atoms. The molecule has 1 aromatic heterocycles. The smallest absolute Gasteiger partial charge is 0.380 e. The van der Waals surface area contributed by atoms with E-state index in [2.05, 4.69) is 15.1 Å². The number of aromatic nitrogens is 2. The molecule has 0 fully saturated rings. The Hall–Kier alpha value is -2.26. The van der Waals surface area contributed by atoms with E-state index < -0.39 is 28.6 Å². The van der Waals surface area contributed by atoms with Crippen molar-refractivity contribution in [2.24, 2.45) is 17.9 Å². The number of halogens is 5. The zero-order chi connectivity index (χ0) is 18.1. The van der Waals surface area contributed by atoms with Gasteiger partial charge in [-0.2, -0.15) is 18.3 Å². The molecule has 0 aliphatic carbocycles. The molecule has 0 atom stereocenters. The highest BCUT2D eigenvalue weighted by molar-refractivity contribution is 6.32. The summed E-state index contributed by atoms with van der Waals surface area (Å²) in [4.78, 5) is 16.4. The first kappa shape index (κ1) is 18.1. The predicted octanol–water partition coefficient (Wildman–Crippen LogP) is 3.22. The first-order valence-electron chi connectivity index (χ1n) is 6.21. The lowest BCUT2D eigenvalue weighted by molar-refractivity contribution is -0.142. The lowest BCUT2D eigenvalue weighted by Crippen LogP contribution is -2.17. The fourth-order valence-electron chi connectivity index (χ4n) is 1.69. The molecule has 0 spiro atoms. The van der Waals surface area contributed by atoms with Gasteiger partial charge in [0.15, 0.2) is 11.5 Å². The highest BCUT2D eigenvalue weighted by atomic mass is 35.5. The summed E-state index contributed by atoms with van der Waals surface area (Å²) in [5.41, 5.74) is 3.54. The number of nitrogens with two attached hydrogens (primary N) is 1. The molecular formula is C13H9Cl2F3N4O2. The molecule has 0 aliphatic heterocycles. The molecule has 2 aromatic rings. The minimum Gasteiger partial charge on any atom is -0.380 e. The zero-order valence-corrected chi connectivity index (χ0v) is 13.4. The molecule has 6 nitrogen and oxygen atoms in total. The Balaban J connectivity index is 2.27. The number of rotatable bonds is 3. The monoisotopic (exact) mass is 380 g/mol. The van der Waals surface area contributed by atoms with Crippen molar-refractivity contribution in [1.82, 2.24) is 9.78 Å². The van der Waals surface area contributed by atoms with E-state index in [0.29, 0.717) is 15.3 Å². The van der Waals surface area contributed by atoms with Crippen molar-refractivity contribution >= 4 is 35.0 Å². The van der Waals surface area contributed by atoms with Crippen LogP contribution >= 0.6 is 23.2 Å². The van der Waals surface area contributed by atoms with Crippen molar-refractivity contribution in [3.8, 4) is 0 Å². The quantitative estimate of drug-likeness (QED) is 0.383. The number of oxime groups is 1. The Morgan fingerprint density at radius 1 is 1.29 bits per heavy atom. The summed E-state index contributed by atoms with van der Waals surface area (Å²) in [6.07, 6.45) is -4.88. The van der Waals surface area contributed by atoms with Gasteiger partial charge in [0.2, 0.25) is 0 Å². The summed E-state index contributed by atoms with van der Waals surface area (Å²) >= 11 is 11.4. The van der Waals surface area contributed by atoms with E-state index in [4.69, 9.17) is 28.9 Å². The van der Waals surface area contributed by atoms with Crippen LogP contribution in [0.4, 0.5) is 13.2 Å². The number of benzene rings is 1. The third-order valence-electron chi connectivity index (χ3n) is 2.82. The highest BCUT2D eigenvalue weighted by Crippen LogP contribution is 2.34. The summed E-state index contributed by atoms with van der Waals surface area (Å²) in [6.45, 7) is 0. The number of aryl methyl sites for hydroxylation is 1. The Morgan fingerprint density at radius 3 is 2.42 bits per heavy atom. The average molecular weight is 381 g/mol. The van der Waals surface area contributed by atoms with Crippen molar-refractivity contribution < 1.29 is 22.8 Å². The minimum absolute atomic E-state index is 0.228. The van der Waals surface area contributed by atoms with Gasteiger partial charge in [0, 0.05) is 17.6 Å². The van der Waals surface area contributed by atoms with Crippen LogP contribution in [-0.4, -0.2) is 21.6 Å². The summed E-state index contributed by atoms with van der Waals surface area (Å²) < 4.78 is 39.4. The van der Waals surface area contributed by atoms with Gasteiger partial charge in [-0.3, -0.25) is 4.68 Å². The number of alkyl halides is 3.